The van der Waals surface area contributed by atoms with Gasteiger partial charge in [-0.2, -0.15) is 0 Å². The first-order chi connectivity index (χ1) is 18.1. The van der Waals surface area contributed by atoms with Crippen molar-refractivity contribution in [2.75, 3.05) is 50.8 Å². The van der Waals surface area contributed by atoms with Crippen LogP contribution >= 0.6 is 0 Å². The molecule has 0 spiro atoms. The Kier molecular flexibility index (Phi) is 6.89. The van der Waals surface area contributed by atoms with Gasteiger partial charge in [-0.05, 0) is 73.0 Å². The van der Waals surface area contributed by atoms with Crippen molar-refractivity contribution < 1.29 is 19.4 Å². The number of nitrogens with zero attached hydrogens (tertiary/aromatic N) is 2. The third kappa shape index (κ3) is 5.24. The molecule has 2 unspecified atom stereocenters. The molecule has 0 aliphatic carbocycles. The molecule has 2 N–H and O–H groups in total. The van der Waals surface area contributed by atoms with Crippen molar-refractivity contribution in [1.82, 2.24) is 10.2 Å². The van der Waals surface area contributed by atoms with Gasteiger partial charge in [0.25, 0.3) is 0 Å². The molecule has 3 aromatic carbocycles. The van der Waals surface area contributed by atoms with Crippen molar-refractivity contribution in [3.05, 3.63) is 66.2 Å². The Bertz CT molecular complexity index is 1260. The Morgan fingerprint density at radius 1 is 0.946 bits per heavy atom. The number of carbonyl (C=O) groups excluding carboxylic acids is 1. The van der Waals surface area contributed by atoms with E-state index in [1.54, 1.807) is 0 Å². The van der Waals surface area contributed by atoms with Crippen LogP contribution in [-0.2, 0) is 4.79 Å². The van der Waals surface area contributed by atoms with Crippen molar-refractivity contribution in [2.24, 2.45) is 5.92 Å². The highest BCUT2D eigenvalue weighted by atomic mass is 16.6. The lowest BCUT2D eigenvalue weighted by atomic mass is 9.99. The quantitative estimate of drug-likeness (QED) is 0.514. The molecule has 7 nitrogen and oxygen atoms in total. The van der Waals surface area contributed by atoms with Gasteiger partial charge in [0.05, 0.1) is 12.0 Å². The van der Waals surface area contributed by atoms with E-state index in [1.807, 2.05) is 18.2 Å². The summed E-state index contributed by atoms with van der Waals surface area (Å²) in [4.78, 5) is 18.1. The van der Waals surface area contributed by atoms with E-state index in [1.165, 1.54) is 10.8 Å². The molecule has 1 amide bonds. The number of aliphatic hydroxyl groups excluding tert-OH is 1. The number of benzene rings is 3. The molecule has 2 fully saturated rings. The maximum absolute atomic E-state index is 13.5. The number of likely N-dealkylation sites (tertiary alicyclic amines) is 1. The van der Waals surface area contributed by atoms with Gasteiger partial charge in [-0.3, -0.25) is 4.79 Å². The summed E-state index contributed by atoms with van der Waals surface area (Å²) in [5.74, 6) is 1.25. The van der Waals surface area contributed by atoms with Crippen LogP contribution in [-0.4, -0.2) is 67.9 Å². The Labute approximate surface area is 218 Å². The highest BCUT2D eigenvalue weighted by molar-refractivity contribution is 5.86. The van der Waals surface area contributed by atoms with Gasteiger partial charge >= 0.3 is 0 Å². The molecule has 7 heteroatoms. The van der Waals surface area contributed by atoms with E-state index in [4.69, 9.17) is 9.47 Å². The summed E-state index contributed by atoms with van der Waals surface area (Å²) in [5.41, 5.74) is 1.89. The van der Waals surface area contributed by atoms with Crippen LogP contribution in [0.3, 0.4) is 0 Å². The zero-order chi connectivity index (χ0) is 25.2. The Hall–Kier alpha value is -3.29. The molecule has 0 bridgehead atoms. The number of anilines is 1. The Morgan fingerprint density at radius 2 is 1.73 bits per heavy atom. The summed E-state index contributed by atoms with van der Waals surface area (Å²) >= 11 is 0. The van der Waals surface area contributed by atoms with Gasteiger partial charge in [-0.1, -0.05) is 36.4 Å². The third-order valence-corrected chi connectivity index (χ3v) is 7.93. The molecule has 3 aromatic rings. The van der Waals surface area contributed by atoms with Crippen molar-refractivity contribution >= 4 is 22.4 Å². The van der Waals surface area contributed by atoms with Gasteiger partial charge in [0.2, 0.25) is 5.91 Å². The Balaban J connectivity index is 1.15. The van der Waals surface area contributed by atoms with Gasteiger partial charge in [0.1, 0.15) is 19.3 Å². The first-order valence-corrected chi connectivity index (χ1v) is 13.5. The Morgan fingerprint density at radius 3 is 2.57 bits per heavy atom. The lowest BCUT2D eigenvalue weighted by molar-refractivity contribution is -0.126. The molecule has 3 aliphatic rings. The number of fused-ring (bicyclic) bond motifs is 2. The molecular formula is C30H35N3O4. The second-order valence-electron chi connectivity index (χ2n) is 10.4. The van der Waals surface area contributed by atoms with E-state index in [0.717, 1.165) is 50.1 Å². The van der Waals surface area contributed by atoms with E-state index in [0.29, 0.717) is 37.8 Å². The largest absolute Gasteiger partial charge is 0.486 e. The number of ether oxygens (including phenoxy) is 2. The molecule has 0 saturated carbocycles. The van der Waals surface area contributed by atoms with Crippen molar-refractivity contribution in [1.29, 1.82) is 0 Å². The number of hydrogen-bond acceptors (Lipinski definition) is 6. The number of aliphatic hydroxyl groups is 1. The first kappa shape index (κ1) is 24.1. The lowest BCUT2D eigenvalue weighted by Gasteiger charge is -2.30. The van der Waals surface area contributed by atoms with Crippen molar-refractivity contribution in [3.63, 3.8) is 0 Å². The number of rotatable bonds is 7. The van der Waals surface area contributed by atoms with E-state index >= 15 is 0 Å². The van der Waals surface area contributed by atoms with Gasteiger partial charge in [0.15, 0.2) is 11.5 Å². The maximum atomic E-state index is 13.5. The summed E-state index contributed by atoms with van der Waals surface area (Å²) in [6.07, 6.45) is 2.28. The molecule has 3 heterocycles. The SMILES string of the molecule is O=C(NC(CN1CCCC1)C(O)c1ccc2c(c1)OCCO2)[C@@H]1CCN(c2ccc3ccccc3c2)C1. The van der Waals surface area contributed by atoms with Gasteiger partial charge < -0.3 is 29.7 Å². The molecule has 0 radical (unpaired) electrons. The summed E-state index contributed by atoms with van der Waals surface area (Å²) < 4.78 is 11.4. The topological polar surface area (TPSA) is 74.3 Å². The molecule has 2 saturated heterocycles. The van der Waals surface area contributed by atoms with Crippen LogP contribution < -0.4 is 19.7 Å². The monoisotopic (exact) mass is 501 g/mol. The molecular weight excluding hydrogens is 466 g/mol. The average Bonchev–Trinajstić information content (AvgIpc) is 3.64. The third-order valence-electron chi connectivity index (χ3n) is 7.93. The zero-order valence-electron chi connectivity index (χ0n) is 21.1. The van der Waals surface area contributed by atoms with Gasteiger partial charge in [-0.25, -0.2) is 0 Å². The fourth-order valence-corrected chi connectivity index (χ4v) is 5.83. The molecule has 194 valence electrons. The molecule has 0 aromatic heterocycles. The van der Waals surface area contributed by atoms with Crippen LogP contribution in [0.4, 0.5) is 5.69 Å². The van der Waals surface area contributed by atoms with Crippen LogP contribution in [0.2, 0.25) is 0 Å². The fourth-order valence-electron chi connectivity index (χ4n) is 5.83. The molecule has 6 rings (SSSR count). The fraction of sp³-hybridized carbons (Fsp3) is 0.433. The predicted octanol–water partition coefficient (Wildman–Crippen LogP) is 3.75. The first-order valence-electron chi connectivity index (χ1n) is 13.5. The lowest BCUT2D eigenvalue weighted by Crippen LogP contribution is -2.48. The molecule has 37 heavy (non-hydrogen) atoms. The highest BCUT2D eigenvalue weighted by Crippen LogP contribution is 2.34. The van der Waals surface area contributed by atoms with Gasteiger partial charge in [0, 0.05) is 25.3 Å². The standard InChI is InChI=1S/C30H35N3O4/c34-29(23-8-10-27-28(18-23)37-16-15-36-27)26(20-32-12-3-4-13-32)31-30(35)24-11-14-33(19-24)25-9-7-21-5-1-2-6-22(21)17-25/h1-2,5-10,17-18,24,26,29,34H,3-4,11-16,19-20H2,(H,31,35)/t24-,26?,29?/m1/s1. The maximum Gasteiger partial charge on any atom is 0.225 e. The van der Waals surface area contributed by atoms with Crippen LogP contribution in [0.25, 0.3) is 10.8 Å². The number of nitrogens with one attached hydrogen (secondary N) is 1. The minimum absolute atomic E-state index is 0.0177. The van der Waals surface area contributed by atoms with Crippen molar-refractivity contribution in [3.8, 4) is 11.5 Å². The molecule has 3 atom stereocenters. The number of carbonyl (C=O) groups is 1. The predicted molar refractivity (Wildman–Crippen MR) is 144 cm³/mol. The average molecular weight is 502 g/mol. The normalized spacial score (nSPS) is 21.2. The number of hydrogen-bond donors (Lipinski definition) is 2. The van der Waals surface area contributed by atoms with Crippen LogP contribution in [0.15, 0.2) is 60.7 Å². The minimum atomic E-state index is -0.835. The van der Waals surface area contributed by atoms with Crippen LogP contribution in [0.5, 0.6) is 11.5 Å². The highest BCUT2D eigenvalue weighted by Gasteiger charge is 2.33. The van der Waals surface area contributed by atoms with Gasteiger partial charge in [-0.15, -0.1) is 0 Å². The second kappa shape index (κ2) is 10.6. The zero-order valence-corrected chi connectivity index (χ0v) is 21.1. The second-order valence-corrected chi connectivity index (χ2v) is 10.4. The smallest absolute Gasteiger partial charge is 0.225 e. The van der Waals surface area contributed by atoms with E-state index in [9.17, 15) is 9.90 Å². The molecule has 3 aliphatic heterocycles. The summed E-state index contributed by atoms with van der Waals surface area (Å²) in [5, 5.41) is 17.1. The van der Waals surface area contributed by atoms with Crippen LogP contribution in [0.1, 0.15) is 30.9 Å². The van der Waals surface area contributed by atoms with E-state index < -0.39 is 12.1 Å². The summed E-state index contributed by atoms with van der Waals surface area (Å²) in [6, 6.07) is 20.0. The van der Waals surface area contributed by atoms with E-state index in [-0.39, 0.29) is 11.8 Å². The van der Waals surface area contributed by atoms with E-state index in [2.05, 4.69) is 57.6 Å². The van der Waals surface area contributed by atoms with Crippen molar-refractivity contribution in [2.45, 2.75) is 31.4 Å². The summed E-state index contributed by atoms with van der Waals surface area (Å²) in [6.45, 7) is 5.18. The minimum Gasteiger partial charge on any atom is -0.486 e. The summed E-state index contributed by atoms with van der Waals surface area (Å²) in [7, 11) is 0. The van der Waals surface area contributed by atoms with Crippen LogP contribution in [0, 0.1) is 5.92 Å². The number of amides is 1.